The highest BCUT2D eigenvalue weighted by molar-refractivity contribution is 5.18. The first kappa shape index (κ1) is 13.5. The van der Waals surface area contributed by atoms with Crippen LogP contribution in [0.3, 0.4) is 0 Å². The van der Waals surface area contributed by atoms with Crippen LogP contribution in [0, 0.1) is 5.82 Å². The molecule has 18 heavy (non-hydrogen) atoms. The fourth-order valence-electron chi connectivity index (χ4n) is 2.33. The molecule has 0 radical (unpaired) electrons. The molecule has 0 spiro atoms. The van der Waals surface area contributed by atoms with Crippen molar-refractivity contribution in [3.05, 3.63) is 35.6 Å². The number of hydrogen-bond donors (Lipinski definition) is 1. The Morgan fingerprint density at radius 2 is 2.28 bits per heavy atom. The molecular formula is C14H21FN2O. The number of morpholine rings is 1. The third kappa shape index (κ3) is 3.28. The summed E-state index contributed by atoms with van der Waals surface area (Å²) in [5.41, 5.74) is 6.82. The van der Waals surface area contributed by atoms with E-state index in [0.717, 1.165) is 19.6 Å². The van der Waals surface area contributed by atoms with Crippen molar-refractivity contribution in [3.63, 3.8) is 0 Å². The quantitative estimate of drug-likeness (QED) is 0.880. The lowest BCUT2D eigenvalue weighted by Crippen LogP contribution is -2.51. The average molecular weight is 252 g/mol. The summed E-state index contributed by atoms with van der Waals surface area (Å²) in [4.78, 5) is 2.31. The van der Waals surface area contributed by atoms with Crippen molar-refractivity contribution in [1.82, 2.24) is 4.90 Å². The molecule has 2 unspecified atom stereocenters. The number of rotatable bonds is 4. The summed E-state index contributed by atoms with van der Waals surface area (Å²) < 4.78 is 19.2. The van der Waals surface area contributed by atoms with Crippen LogP contribution >= 0.6 is 0 Å². The molecule has 1 aromatic rings. The van der Waals surface area contributed by atoms with E-state index in [1.807, 2.05) is 6.07 Å². The van der Waals surface area contributed by atoms with Crippen molar-refractivity contribution in [2.24, 2.45) is 5.73 Å². The van der Waals surface area contributed by atoms with Crippen LogP contribution in [0.4, 0.5) is 4.39 Å². The number of halogens is 1. The predicted molar refractivity (Wildman–Crippen MR) is 69.9 cm³/mol. The summed E-state index contributed by atoms with van der Waals surface area (Å²) in [6.45, 7) is 5.64. The molecule has 0 amide bonds. The lowest BCUT2D eigenvalue weighted by molar-refractivity contribution is -0.0386. The molecule has 3 nitrogen and oxygen atoms in total. The van der Waals surface area contributed by atoms with E-state index in [1.165, 1.54) is 6.07 Å². The molecule has 1 heterocycles. The smallest absolute Gasteiger partial charge is 0.126 e. The van der Waals surface area contributed by atoms with Gasteiger partial charge in [-0.2, -0.15) is 0 Å². The number of nitrogens with zero attached hydrogens (tertiary/aromatic N) is 1. The van der Waals surface area contributed by atoms with Crippen molar-refractivity contribution in [2.45, 2.75) is 25.5 Å². The highest BCUT2D eigenvalue weighted by Crippen LogP contribution is 2.14. The van der Waals surface area contributed by atoms with Gasteiger partial charge in [-0.25, -0.2) is 4.39 Å². The molecule has 1 aromatic carbocycles. The maximum absolute atomic E-state index is 13.6. The molecule has 2 rings (SSSR count). The molecule has 2 atom stereocenters. The molecule has 100 valence electrons. The van der Waals surface area contributed by atoms with E-state index in [9.17, 15) is 4.39 Å². The van der Waals surface area contributed by atoms with Gasteiger partial charge in [0.25, 0.3) is 0 Å². The third-order valence-electron chi connectivity index (χ3n) is 3.52. The van der Waals surface area contributed by atoms with Crippen molar-refractivity contribution in [3.8, 4) is 0 Å². The molecule has 2 N–H and O–H groups in total. The largest absolute Gasteiger partial charge is 0.374 e. The highest BCUT2D eigenvalue weighted by atomic mass is 19.1. The minimum atomic E-state index is -0.184. The van der Waals surface area contributed by atoms with E-state index in [-0.39, 0.29) is 18.0 Å². The third-order valence-corrected chi connectivity index (χ3v) is 3.52. The van der Waals surface area contributed by atoms with E-state index in [4.69, 9.17) is 10.5 Å². The van der Waals surface area contributed by atoms with E-state index in [1.54, 1.807) is 12.1 Å². The Hall–Kier alpha value is -0.970. The van der Waals surface area contributed by atoms with E-state index in [2.05, 4.69) is 11.8 Å². The van der Waals surface area contributed by atoms with Crippen LogP contribution in [0.1, 0.15) is 12.5 Å². The molecule has 1 saturated heterocycles. The van der Waals surface area contributed by atoms with Gasteiger partial charge in [-0.3, -0.25) is 4.90 Å². The van der Waals surface area contributed by atoms with Crippen LogP contribution in [0.15, 0.2) is 24.3 Å². The zero-order chi connectivity index (χ0) is 13.0. The van der Waals surface area contributed by atoms with Crippen molar-refractivity contribution in [1.29, 1.82) is 0 Å². The molecule has 1 aliphatic rings. The molecule has 0 bridgehead atoms. The normalized spacial score (nSPS) is 22.9. The van der Waals surface area contributed by atoms with Crippen molar-refractivity contribution in [2.75, 3.05) is 26.2 Å². The van der Waals surface area contributed by atoms with Gasteiger partial charge in [-0.1, -0.05) is 25.1 Å². The molecule has 0 saturated carbocycles. The topological polar surface area (TPSA) is 38.5 Å². The second-order valence-corrected chi connectivity index (χ2v) is 4.76. The minimum absolute atomic E-state index is 0.00157. The first-order chi connectivity index (χ1) is 8.70. The lowest BCUT2D eigenvalue weighted by Gasteiger charge is -2.35. The molecule has 0 aromatic heterocycles. The van der Waals surface area contributed by atoms with Gasteiger partial charge in [0, 0.05) is 19.1 Å². The number of hydrogen-bond acceptors (Lipinski definition) is 3. The van der Waals surface area contributed by atoms with Gasteiger partial charge in [-0.05, 0) is 24.6 Å². The number of likely N-dealkylation sites (N-methyl/N-ethyl adjacent to an activating group) is 1. The second-order valence-electron chi connectivity index (χ2n) is 4.76. The fraction of sp³-hybridized carbons (Fsp3) is 0.571. The van der Waals surface area contributed by atoms with Gasteiger partial charge in [0.1, 0.15) is 5.82 Å². The first-order valence-electron chi connectivity index (χ1n) is 6.53. The van der Waals surface area contributed by atoms with E-state index < -0.39 is 0 Å². The van der Waals surface area contributed by atoms with Crippen molar-refractivity contribution >= 4 is 0 Å². The van der Waals surface area contributed by atoms with Crippen LogP contribution in [0.5, 0.6) is 0 Å². The SMILES string of the molecule is CCN1CCOC(C(N)Cc2ccccc2F)C1. The monoisotopic (exact) mass is 252 g/mol. The van der Waals surface area contributed by atoms with Gasteiger partial charge >= 0.3 is 0 Å². The number of nitrogens with two attached hydrogens (primary N) is 1. The van der Waals surface area contributed by atoms with Gasteiger partial charge in [0.2, 0.25) is 0 Å². The first-order valence-corrected chi connectivity index (χ1v) is 6.53. The Morgan fingerprint density at radius 3 is 3.00 bits per heavy atom. The van der Waals surface area contributed by atoms with Crippen molar-refractivity contribution < 1.29 is 9.13 Å². The summed E-state index contributed by atoms with van der Waals surface area (Å²) in [5, 5.41) is 0. The zero-order valence-electron chi connectivity index (χ0n) is 10.8. The number of ether oxygens (including phenoxy) is 1. The maximum Gasteiger partial charge on any atom is 0.126 e. The lowest BCUT2D eigenvalue weighted by atomic mass is 10.0. The van der Waals surface area contributed by atoms with Crippen LogP contribution in [0.2, 0.25) is 0 Å². The van der Waals surface area contributed by atoms with Gasteiger partial charge in [0.05, 0.1) is 12.7 Å². The molecular weight excluding hydrogens is 231 g/mol. The predicted octanol–water partition coefficient (Wildman–Crippen LogP) is 1.42. The Labute approximate surface area is 108 Å². The van der Waals surface area contributed by atoms with Gasteiger partial charge in [-0.15, -0.1) is 0 Å². The van der Waals surface area contributed by atoms with Crippen LogP contribution in [-0.4, -0.2) is 43.3 Å². The minimum Gasteiger partial charge on any atom is -0.374 e. The summed E-state index contributed by atoms with van der Waals surface area (Å²) in [7, 11) is 0. The maximum atomic E-state index is 13.6. The summed E-state index contributed by atoms with van der Waals surface area (Å²) in [6, 6.07) is 6.64. The summed E-state index contributed by atoms with van der Waals surface area (Å²) in [6.07, 6.45) is 0.521. The highest BCUT2D eigenvalue weighted by Gasteiger charge is 2.25. The molecule has 0 aliphatic carbocycles. The van der Waals surface area contributed by atoms with Crippen LogP contribution < -0.4 is 5.73 Å². The number of benzene rings is 1. The Kier molecular flexibility index (Phi) is 4.69. The Balaban J connectivity index is 1.95. The van der Waals surface area contributed by atoms with Gasteiger partial charge < -0.3 is 10.5 Å². The van der Waals surface area contributed by atoms with E-state index >= 15 is 0 Å². The van der Waals surface area contributed by atoms with Crippen LogP contribution in [0.25, 0.3) is 0 Å². The fourth-order valence-corrected chi connectivity index (χ4v) is 2.33. The average Bonchev–Trinajstić information content (AvgIpc) is 2.41. The van der Waals surface area contributed by atoms with E-state index in [0.29, 0.717) is 18.6 Å². The Bertz CT molecular complexity index is 386. The van der Waals surface area contributed by atoms with Gasteiger partial charge in [0.15, 0.2) is 0 Å². The molecule has 1 aliphatic heterocycles. The summed E-state index contributed by atoms with van der Waals surface area (Å²) in [5.74, 6) is -0.184. The standard InChI is InChI=1S/C14H21FN2O/c1-2-17-7-8-18-14(10-17)13(16)9-11-5-3-4-6-12(11)15/h3-6,13-14H,2,7-10,16H2,1H3. The Morgan fingerprint density at radius 1 is 1.50 bits per heavy atom. The molecule has 4 heteroatoms. The second kappa shape index (κ2) is 6.27. The molecule has 1 fully saturated rings. The summed E-state index contributed by atoms with van der Waals surface area (Å²) >= 11 is 0. The zero-order valence-corrected chi connectivity index (χ0v) is 10.8. The van der Waals surface area contributed by atoms with Crippen LogP contribution in [-0.2, 0) is 11.2 Å².